The second-order valence-electron chi connectivity index (χ2n) is 7.64. The molecule has 1 heterocycles. The monoisotopic (exact) mass is 383 g/mol. The molecule has 0 aromatic heterocycles. The first-order chi connectivity index (χ1) is 12.2. The summed E-state index contributed by atoms with van der Waals surface area (Å²) in [6, 6.07) is 0. The van der Waals surface area contributed by atoms with Gasteiger partial charge in [0.25, 0.3) is 5.79 Å². The molecule has 9 nitrogen and oxygen atoms in total. The summed E-state index contributed by atoms with van der Waals surface area (Å²) in [7, 11) is 2.14. The van der Waals surface area contributed by atoms with Crippen molar-refractivity contribution in [3.8, 4) is 0 Å². The van der Waals surface area contributed by atoms with Crippen molar-refractivity contribution >= 4 is 29.7 Å². The molecule has 0 N–H and O–H groups in total. The minimum atomic E-state index is -2.19. The number of ether oxygens (including phenoxy) is 4. The van der Waals surface area contributed by atoms with Crippen molar-refractivity contribution in [2.75, 3.05) is 14.2 Å². The number of cyclic esters (lactones) is 2. The molecule has 0 aliphatic carbocycles. The van der Waals surface area contributed by atoms with E-state index in [1.54, 1.807) is 20.8 Å². The van der Waals surface area contributed by atoms with E-state index in [4.69, 9.17) is 14.2 Å². The number of aliphatic imine (C=N–C) groups is 1. The summed E-state index contributed by atoms with van der Waals surface area (Å²) in [6.07, 6.45) is 0. The van der Waals surface area contributed by atoms with Crippen LogP contribution >= 0.6 is 0 Å². The predicted molar refractivity (Wildman–Crippen MR) is 92.6 cm³/mol. The van der Waals surface area contributed by atoms with Crippen molar-refractivity contribution in [1.29, 1.82) is 0 Å². The molecule has 1 aliphatic rings. The molecule has 0 aromatic rings. The molecule has 0 saturated carbocycles. The van der Waals surface area contributed by atoms with Crippen LogP contribution in [-0.2, 0) is 38.1 Å². The first kappa shape index (κ1) is 22.4. The normalized spacial score (nSPS) is 19.0. The zero-order chi connectivity index (χ0) is 21.2. The molecule has 150 valence electrons. The van der Waals surface area contributed by atoms with Gasteiger partial charge in [-0.3, -0.25) is 14.4 Å². The highest BCUT2D eigenvalue weighted by atomic mass is 16.7. The number of carbonyl (C=O) groups is 4. The fourth-order valence-corrected chi connectivity index (χ4v) is 2.32. The van der Waals surface area contributed by atoms with Gasteiger partial charge in [0.05, 0.1) is 19.8 Å². The van der Waals surface area contributed by atoms with Crippen molar-refractivity contribution < 1.29 is 38.1 Å². The number of hydrogen-bond acceptors (Lipinski definition) is 9. The van der Waals surface area contributed by atoms with Gasteiger partial charge in [-0.2, -0.15) is 0 Å². The molecule has 1 aliphatic heterocycles. The van der Waals surface area contributed by atoms with E-state index in [9.17, 15) is 19.2 Å². The summed E-state index contributed by atoms with van der Waals surface area (Å²) in [4.78, 5) is 54.2. The molecular weight excluding hydrogens is 358 g/mol. The van der Waals surface area contributed by atoms with Gasteiger partial charge in [-0.1, -0.05) is 0 Å². The maximum Gasteiger partial charge on any atom is 0.344 e. The standard InChI is InChI=1S/C18H25NO8/c1-16(2,3)19-9-10(12(20)24-7)11(13(21)25-8)18(6)14(22)26-17(4,5)27-15(18)23/h11H,1-8H3. The van der Waals surface area contributed by atoms with Crippen molar-refractivity contribution in [3.63, 3.8) is 0 Å². The average Bonchev–Trinajstić information content (AvgIpc) is 2.53. The fourth-order valence-electron chi connectivity index (χ4n) is 2.32. The third-order valence-corrected chi connectivity index (χ3v) is 3.75. The third kappa shape index (κ3) is 4.74. The van der Waals surface area contributed by atoms with E-state index in [0.717, 1.165) is 21.1 Å². The van der Waals surface area contributed by atoms with Gasteiger partial charge in [-0.15, -0.1) is 0 Å². The van der Waals surface area contributed by atoms with E-state index in [0.29, 0.717) is 0 Å². The molecule has 1 unspecified atom stereocenters. The Labute approximate surface area is 157 Å². The molecule has 9 heteroatoms. The molecule has 0 radical (unpaired) electrons. The summed E-state index contributed by atoms with van der Waals surface area (Å²) in [5.74, 6) is -4.90. The van der Waals surface area contributed by atoms with Crippen LogP contribution in [0.3, 0.4) is 0 Å². The molecule has 1 rings (SSSR count). The highest BCUT2D eigenvalue weighted by molar-refractivity contribution is 6.11. The van der Waals surface area contributed by atoms with Gasteiger partial charge in [0.2, 0.25) is 0 Å². The fraction of sp³-hybridized carbons (Fsp3) is 0.667. The smallest absolute Gasteiger partial charge is 0.344 e. The molecule has 1 saturated heterocycles. The van der Waals surface area contributed by atoms with Gasteiger partial charge in [0.1, 0.15) is 11.5 Å². The van der Waals surface area contributed by atoms with Crippen LogP contribution in [0.25, 0.3) is 0 Å². The SMILES string of the molecule is COC(=O)C(=C=NC(C)(C)C)C(C(=O)OC)C1(C)C(=O)OC(C)(C)OC1=O. The molecule has 27 heavy (non-hydrogen) atoms. The Bertz CT molecular complexity index is 702. The minimum Gasteiger partial charge on any atom is -0.468 e. The highest BCUT2D eigenvalue weighted by Crippen LogP contribution is 2.41. The van der Waals surface area contributed by atoms with E-state index in [1.165, 1.54) is 13.8 Å². The Morgan fingerprint density at radius 2 is 1.52 bits per heavy atom. The van der Waals surface area contributed by atoms with Gasteiger partial charge in [-0.05, 0) is 33.6 Å². The minimum absolute atomic E-state index is 0.449. The molecule has 0 amide bonds. The van der Waals surface area contributed by atoms with E-state index in [1.807, 2.05) is 0 Å². The van der Waals surface area contributed by atoms with E-state index >= 15 is 0 Å². The lowest BCUT2D eigenvalue weighted by Crippen LogP contribution is -2.58. The van der Waals surface area contributed by atoms with E-state index in [-0.39, 0.29) is 0 Å². The van der Waals surface area contributed by atoms with Crippen molar-refractivity contribution in [1.82, 2.24) is 0 Å². The van der Waals surface area contributed by atoms with Crippen LogP contribution in [0.4, 0.5) is 0 Å². The maximum absolute atomic E-state index is 12.7. The van der Waals surface area contributed by atoms with Crippen LogP contribution < -0.4 is 0 Å². The number of rotatable bonds is 4. The number of esters is 4. The van der Waals surface area contributed by atoms with Gasteiger partial charge >= 0.3 is 23.9 Å². The zero-order valence-electron chi connectivity index (χ0n) is 16.8. The van der Waals surface area contributed by atoms with Gasteiger partial charge in [-0.25, -0.2) is 9.79 Å². The lowest BCUT2D eigenvalue weighted by Gasteiger charge is -2.40. The summed E-state index contributed by atoms with van der Waals surface area (Å²) >= 11 is 0. The first-order valence-corrected chi connectivity index (χ1v) is 8.17. The summed E-state index contributed by atoms with van der Waals surface area (Å²) in [5, 5.41) is 0. The Hall–Kier alpha value is -2.67. The summed E-state index contributed by atoms with van der Waals surface area (Å²) < 4.78 is 19.7. The van der Waals surface area contributed by atoms with E-state index in [2.05, 4.69) is 15.6 Å². The lowest BCUT2D eigenvalue weighted by atomic mass is 9.72. The number of carbonyl (C=O) groups excluding carboxylic acids is 4. The van der Waals surface area contributed by atoms with Crippen molar-refractivity contribution in [3.05, 3.63) is 5.57 Å². The predicted octanol–water partition coefficient (Wildman–Crippen LogP) is 1.19. The quantitative estimate of drug-likeness (QED) is 0.234. The molecule has 1 fully saturated rings. The maximum atomic E-state index is 12.7. The van der Waals surface area contributed by atoms with Crippen LogP contribution in [0.1, 0.15) is 41.5 Å². The highest BCUT2D eigenvalue weighted by Gasteiger charge is 2.62. The second kappa shape index (κ2) is 7.52. The Morgan fingerprint density at radius 1 is 1.04 bits per heavy atom. The van der Waals surface area contributed by atoms with Gasteiger partial charge in [0, 0.05) is 13.8 Å². The number of nitrogens with zero attached hydrogens (tertiary/aromatic N) is 1. The topological polar surface area (TPSA) is 118 Å². The van der Waals surface area contributed by atoms with Crippen LogP contribution in [0.2, 0.25) is 0 Å². The van der Waals surface area contributed by atoms with Crippen LogP contribution in [-0.4, -0.2) is 55.3 Å². The first-order valence-electron chi connectivity index (χ1n) is 8.17. The molecule has 1 atom stereocenters. The lowest BCUT2D eigenvalue weighted by molar-refractivity contribution is -0.253. The molecular formula is C18H25NO8. The number of methoxy groups -OCH3 is 2. The van der Waals surface area contributed by atoms with Crippen molar-refractivity contribution in [2.24, 2.45) is 16.3 Å². The van der Waals surface area contributed by atoms with Crippen LogP contribution in [0.15, 0.2) is 10.6 Å². The Balaban J connectivity index is 3.71. The largest absolute Gasteiger partial charge is 0.468 e. The summed E-state index contributed by atoms with van der Waals surface area (Å²) in [6.45, 7) is 9.07. The molecule has 0 aromatic carbocycles. The third-order valence-electron chi connectivity index (χ3n) is 3.75. The molecule has 0 bridgehead atoms. The average molecular weight is 383 g/mol. The van der Waals surface area contributed by atoms with E-state index < -0.39 is 52.1 Å². The zero-order valence-corrected chi connectivity index (χ0v) is 16.8. The Kier molecular flexibility index (Phi) is 6.23. The van der Waals surface area contributed by atoms with Crippen molar-refractivity contribution in [2.45, 2.75) is 52.9 Å². The second-order valence-corrected chi connectivity index (χ2v) is 7.64. The van der Waals surface area contributed by atoms with Crippen LogP contribution in [0, 0.1) is 11.3 Å². The van der Waals surface area contributed by atoms with Gasteiger partial charge in [0.15, 0.2) is 5.41 Å². The summed E-state index contributed by atoms with van der Waals surface area (Å²) in [5.41, 5.74) is -3.29. The molecule has 0 spiro atoms. The van der Waals surface area contributed by atoms with Crippen LogP contribution in [0.5, 0.6) is 0 Å². The van der Waals surface area contributed by atoms with Gasteiger partial charge < -0.3 is 18.9 Å². The number of hydrogen-bond donors (Lipinski definition) is 0. The Morgan fingerprint density at radius 3 is 1.89 bits per heavy atom.